The Morgan fingerprint density at radius 3 is 2.76 bits per heavy atom. The molecule has 3 rings (SSSR count). The van der Waals surface area contributed by atoms with Gasteiger partial charge in [0, 0.05) is 28.2 Å². The Morgan fingerprint density at radius 1 is 1.24 bits per heavy atom. The Balaban J connectivity index is 2.02. The van der Waals surface area contributed by atoms with Crippen LogP contribution in [0.4, 0.5) is 17.5 Å². The lowest BCUT2D eigenvalue weighted by atomic mass is 10.2. The van der Waals surface area contributed by atoms with Crippen molar-refractivity contribution >= 4 is 28.2 Å². The van der Waals surface area contributed by atoms with E-state index in [4.69, 9.17) is 5.53 Å². The van der Waals surface area contributed by atoms with Crippen LogP contribution >= 0.6 is 0 Å². The largest absolute Gasteiger partial charge is 0.494 e. The molecule has 8 nitrogen and oxygen atoms in total. The molecule has 0 spiro atoms. The van der Waals surface area contributed by atoms with Crippen molar-refractivity contribution in [3.05, 3.63) is 30.0 Å². The SMILES string of the molecule is Cc1cnc(N=N)nc1Nc1ccc2c(O)[nH]c(O)c2c1. The van der Waals surface area contributed by atoms with Crippen molar-refractivity contribution in [2.24, 2.45) is 5.11 Å². The number of aromatic nitrogens is 3. The fourth-order valence-corrected chi connectivity index (χ4v) is 2.02. The van der Waals surface area contributed by atoms with Crippen LogP contribution < -0.4 is 5.32 Å². The van der Waals surface area contributed by atoms with E-state index in [0.29, 0.717) is 22.3 Å². The highest BCUT2D eigenvalue weighted by molar-refractivity contribution is 5.94. The highest BCUT2D eigenvalue weighted by Gasteiger charge is 2.10. The number of hydrogen-bond donors (Lipinski definition) is 5. The van der Waals surface area contributed by atoms with Gasteiger partial charge in [0.1, 0.15) is 5.82 Å². The van der Waals surface area contributed by atoms with E-state index in [1.807, 2.05) is 6.92 Å². The molecule has 0 unspecified atom stereocenters. The molecular formula is C13H12N6O2. The zero-order valence-electron chi connectivity index (χ0n) is 11.0. The summed E-state index contributed by atoms with van der Waals surface area (Å²) in [6.45, 7) is 1.83. The minimum Gasteiger partial charge on any atom is -0.494 e. The van der Waals surface area contributed by atoms with Gasteiger partial charge in [0.25, 0.3) is 5.95 Å². The molecule has 0 atom stereocenters. The van der Waals surface area contributed by atoms with Crippen molar-refractivity contribution in [1.29, 1.82) is 5.53 Å². The maximum absolute atomic E-state index is 9.71. The minimum absolute atomic E-state index is 0.0614. The molecule has 0 aliphatic rings. The van der Waals surface area contributed by atoms with Crippen LogP contribution in [0.25, 0.3) is 10.8 Å². The second-order valence-electron chi connectivity index (χ2n) is 4.52. The molecule has 0 bridgehead atoms. The first-order chi connectivity index (χ1) is 10.1. The molecule has 0 fully saturated rings. The third kappa shape index (κ3) is 2.22. The molecule has 0 aliphatic heterocycles. The summed E-state index contributed by atoms with van der Waals surface area (Å²) >= 11 is 0. The Morgan fingerprint density at radius 2 is 2.00 bits per heavy atom. The molecule has 3 aromatic rings. The van der Waals surface area contributed by atoms with E-state index in [-0.39, 0.29) is 17.7 Å². The Labute approximate surface area is 119 Å². The van der Waals surface area contributed by atoms with E-state index in [1.165, 1.54) is 0 Å². The van der Waals surface area contributed by atoms with E-state index >= 15 is 0 Å². The number of anilines is 2. The molecular weight excluding hydrogens is 272 g/mol. The highest BCUT2D eigenvalue weighted by atomic mass is 16.3. The van der Waals surface area contributed by atoms with Gasteiger partial charge >= 0.3 is 0 Å². The minimum atomic E-state index is -0.104. The topological polar surface area (TPSA) is 130 Å². The second kappa shape index (κ2) is 4.75. The molecule has 0 radical (unpaired) electrons. The summed E-state index contributed by atoms with van der Waals surface area (Å²) in [5.74, 6) is 0.399. The van der Waals surface area contributed by atoms with Gasteiger partial charge in [0.05, 0.1) is 0 Å². The number of nitrogens with one attached hydrogen (secondary N) is 3. The van der Waals surface area contributed by atoms with E-state index in [1.54, 1.807) is 24.4 Å². The fourth-order valence-electron chi connectivity index (χ4n) is 2.02. The van der Waals surface area contributed by atoms with Crippen molar-refractivity contribution in [2.45, 2.75) is 6.92 Å². The average Bonchev–Trinajstić information content (AvgIpc) is 2.76. The van der Waals surface area contributed by atoms with Crippen LogP contribution in [0.2, 0.25) is 0 Å². The van der Waals surface area contributed by atoms with Crippen LogP contribution in [0.15, 0.2) is 29.5 Å². The zero-order valence-corrected chi connectivity index (χ0v) is 11.0. The van der Waals surface area contributed by atoms with Gasteiger partial charge in [0.15, 0.2) is 11.8 Å². The van der Waals surface area contributed by atoms with Gasteiger partial charge in [-0.15, -0.1) is 5.11 Å². The molecule has 0 saturated heterocycles. The highest BCUT2D eigenvalue weighted by Crippen LogP contribution is 2.34. The standard InChI is InChI=1S/C13H12N6O2/c1-6-5-15-13(19-14)17-10(6)16-7-2-3-8-9(4-7)12(21)18-11(8)20/h2-5,14,18,20-21H,1H3,(H,15,16,17). The fraction of sp³-hybridized carbons (Fsp3) is 0.0769. The van der Waals surface area contributed by atoms with Crippen molar-refractivity contribution in [3.63, 3.8) is 0 Å². The second-order valence-corrected chi connectivity index (χ2v) is 4.52. The zero-order chi connectivity index (χ0) is 15.0. The van der Waals surface area contributed by atoms with Crippen LogP contribution in [0.5, 0.6) is 11.8 Å². The quantitative estimate of drug-likeness (QED) is 0.472. The molecule has 2 heterocycles. The Kier molecular flexibility index (Phi) is 2.90. The van der Waals surface area contributed by atoms with Gasteiger partial charge in [-0.25, -0.2) is 10.5 Å². The number of hydrogen-bond acceptors (Lipinski definition) is 7. The van der Waals surface area contributed by atoms with Crippen LogP contribution in [0.3, 0.4) is 0 Å². The van der Waals surface area contributed by atoms with Gasteiger partial charge in [-0.1, -0.05) is 0 Å². The summed E-state index contributed by atoms with van der Waals surface area (Å²) in [6, 6.07) is 5.10. The predicted molar refractivity (Wildman–Crippen MR) is 76.5 cm³/mol. The average molecular weight is 284 g/mol. The molecule has 21 heavy (non-hydrogen) atoms. The maximum Gasteiger partial charge on any atom is 0.270 e. The number of aromatic hydroxyl groups is 2. The lowest BCUT2D eigenvalue weighted by Gasteiger charge is -2.08. The smallest absolute Gasteiger partial charge is 0.270 e. The van der Waals surface area contributed by atoms with Crippen molar-refractivity contribution in [1.82, 2.24) is 15.0 Å². The van der Waals surface area contributed by atoms with Gasteiger partial charge in [-0.2, -0.15) is 4.98 Å². The summed E-state index contributed by atoms with van der Waals surface area (Å²) < 4.78 is 0. The van der Waals surface area contributed by atoms with Crippen molar-refractivity contribution < 1.29 is 10.2 Å². The number of H-pyrrole nitrogens is 1. The third-order valence-electron chi connectivity index (χ3n) is 3.09. The van der Waals surface area contributed by atoms with Crippen LogP contribution in [-0.4, -0.2) is 25.2 Å². The van der Waals surface area contributed by atoms with Crippen LogP contribution in [0, 0.1) is 12.5 Å². The number of aryl methyl sites for hydroxylation is 1. The van der Waals surface area contributed by atoms with Crippen molar-refractivity contribution in [3.8, 4) is 11.8 Å². The first-order valence-electron chi connectivity index (χ1n) is 6.10. The molecule has 0 aliphatic carbocycles. The third-order valence-corrected chi connectivity index (χ3v) is 3.09. The summed E-state index contributed by atoms with van der Waals surface area (Å²) in [5, 5.41) is 26.6. The normalized spacial score (nSPS) is 10.7. The van der Waals surface area contributed by atoms with Crippen LogP contribution in [-0.2, 0) is 0 Å². The number of aromatic amines is 1. The van der Waals surface area contributed by atoms with Crippen molar-refractivity contribution in [2.75, 3.05) is 5.32 Å². The van der Waals surface area contributed by atoms with E-state index < -0.39 is 0 Å². The molecule has 0 amide bonds. The number of nitrogens with zero attached hydrogens (tertiary/aromatic N) is 3. The lowest BCUT2D eigenvalue weighted by Crippen LogP contribution is -1.97. The molecule has 8 heteroatoms. The van der Waals surface area contributed by atoms with E-state index in [0.717, 1.165) is 5.56 Å². The molecule has 106 valence electrons. The number of benzene rings is 1. The maximum atomic E-state index is 9.71. The Hall–Kier alpha value is -3.16. The Bertz CT molecular complexity index is 842. The van der Waals surface area contributed by atoms with E-state index in [9.17, 15) is 10.2 Å². The first kappa shape index (κ1) is 12.9. The van der Waals surface area contributed by atoms with Crippen LogP contribution in [0.1, 0.15) is 5.56 Å². The number of fused-ring (bicyclic) bond motifs is 1. The van der Waals surface area contributed by atoms with Gasteiger partial charge in [-0.3, -0.25) is 4.98 Å². The van der Waals surface area contributed by atoms with Gasteiger partial charge in [-0.05, 0) is 25.1 Å². The van der Waals surface area contributed by atoms with E-state index in [2.05, 4.69) is 25.4 Å². The lowest BCUT2D eigenvalue weighted by molar-refractivity contribution is 0.429. The number of rotatable bonds is 3. The molecule has 5 N–H and O–H groups in total. The van der Waals surface area contributed by atoms with Gasteiger partial charge in [0.2, 0.25) is 0 Å². The molecule has 2 aromatic heterocycles. The van der Waals surface area contributed by atoms with Gasteiger partial charge < -0.3 is 15.5 Å². The summed E-state index contributed by atoms with van der Waals surface area (Å²) in [7, 11) is 0. The summed E-state index contributed by atoms with van der Waals surface area (Å²) in [6.07, 6.45) is 1.57. The molecule has 1 aromatic carbocycles. The predicted octanol–water partition coefficient (Wildman–Crippen LogP) is 3.08. The monoisotopic (exact) mass is 284 g/mol. The summed E-state index contributed by atoms with van der Waals surface area (Å²) in [5.41, 5.74) is 8.41. The first-order valence-corrected chi connectivity index (χ1v) is 6.10. The summed E-state index contributed by atoms with van der Waals surface area (Å²) in [4.78, 5) is 10.4. The molecule has 0 saturated carbocycles.